The van der Waals surface area contributed by atoms with E-state index in [-0.39, 0.29) is 25.7 Å². The Morgan fingerprint density at radius 2 is 0.505 bits per heavy atom. The third kappa shape index (κ3) is 74.7. The largest absolute Gasteiger partial charge is 0.472 e. The third-order valence-corrected chi connectivity index (χ3v) is 21.5. The number of unbranched alkanes of at least 4 members (excludes halogenated alkanes) is 50. The number of rotatable bonds is 81. The van der Waals surface area contributed by atoms with Crippen LogP contribution in [0.15, 0.2) is 0 Å². The second kappa shape index (κ2) is 73.6. The molecule has 0 aromatic carbocycles. The molecular weight excluding hydrogens is 1320 g/mol. The number of carbonyl (C=O) groups excluding carboxylic acids is 4. The number of phosphoric ester groups is 2. The topological polar surface area (TPSA) is 237 Å². The molecule has 0 amide bonds. The van der Waals surface area contributed by atoms with Gasteiger partial charge in [-0.1, -0.05) is 382 Å². The molecule has 0 fully saturated rings. The van der Waals surface area contributed by atoms with E-state index in [1.54, 1.807) is 0 Å². The molecule has 0 aromatic rings. The molecule has 0 saturated heterocycles. The third-order valence-electron chi connectivity index (χ3n) is 19.6. The van der Waals surface area contributed by atoms with Crippen molar-refractivity contribution in [2.24, 2.45) is 11.8 Å². The average Bonchev–Trinajstić information content (AvgIpc) is 0.940. The summed E-state index contributed by atoms with van der Waals surface area (Å²) in [7, 11) is -9.92. The molecular formula is C82H160O17P2. The van der Waals surface area contributed by atoms with E-state index in [0.29, 0.717) is 25.7 Å². The van der Waals surface area contributed by atoms with Crippen LogP contribution >= 0.6 is 15.6 Å². The molecule has 0 aliphatic carbocycles. The van der Waals surface area contributed by atoms with Crippen molar-refractivity contribution in [3.05, 3.63) is 0 Å². The quantitative estimate of drug-likeness (QED) is 0.0222. The van der Waals surface area contributed by atoms with E-state index in [2.05, 4.69) is 41.5 Å². The van der Waals surface area contributed by atoms with Gasteiger partial charge in [0.05, 0.1) is 26.4 Å². The Kier molecular flexibility index (Phi) is 72.2. The molecule has 0 aliphatic heterocycles. The van der Waals surface area contributed by atoms with Gasteiger partial charge in [-0.25, -0.2) is 9.13 Å². The van der Waals surface area contributed by atoms with Crippen LogP contribution in [0.2, 0.25) is 0 Å². The minimum atomic E-state index is -4.96. The first-order chi connectivity index (χ1) is 48.9. The van der Waals surface area contributed by atoms with Crippen molar-refractivity contribution in [3.63, 3.8) is 0 Å². The predicted molar refractivity (Wildman–Crippen MR) is 414 cm³/mol. The van der Waals surface area contributed by atoms with Gasteiger partial charge in [0, 0.05) is 25.7 Å². The maximum absolute atomic E-state index is 13.1. The highest BCUT2D eigenvalue weighted by Gasteiger charge is 2.30. The zero-order valence-electron chi connectivity index (χ0n) is 66.2. The number of hydrogen-bond donors (Lipinski definition) is 3. The maximum atomic E-state index is 13.1. The van der Waals surface area contributed by atoms with Gasteiger partial charge < -0.3 is 33.8 Å². The summed E-state index contributed by atoms with van der Waals surface area (Å²) < 4.78 is 68.8. The Morgan fingerprint density at radius 1 is 0.287 bits per heavy atom. The van der Waals surface area contributed by atoms with Gasteiger partial charge in [-0.15, -0.1) is 0 Å². The van der Waals surface area contributed by atoms with Crippen molar-refractivity contribution in [2.75, 3.05) is 39.6 Å². The van der Waals surface area contributed by atoms with Crippen LogP contribution in [0.3, 0.4) is 0 Å². The van der Waals surface area contributed by atoms with E-state index in [4.69, 9.17) is 37.0 Å². The first-order valence-corrected chi connectivity index (χ1v) is 45.5. The van der Waals surface area contributed by atoms with Gasteiger partial charge in [-0.05, 0) is 37.5 Å². The molecule has 0 aromatic heterocycles. The van der Waals surface area contributed by atoms with Gasteiger partial charge >= 0.3 is 39.5 Å². The van der Waals surface area contributed by atoms with Crippen LogP contribution in [0.4, 0.5) is 0 Å². The number of ether oxygens (including phenoxy) is 4. The van der Waals surface area contributed by atoms with Gasteiger partial charge in [0.1, 0.15) is 19.3 Å². The van der Waals surface area contributed by atoms with Crippen LogP contribution in [-0.4, -0.2) is 96.7 Å². The molecule has 0 bridgehead atoms. The molecule has 3 N–H and O–H groups in total. The van der Waals surface area contributed by atoms with Gasteiger partial charge in [-0.3, -0.25) is 37.3 Å². The smallest absolute Gasteiger partial charge is 0.462 e. The molecule has 19 heteroatoms. The number of esters is 4. The minimum absolute atomic E-state index is 0.107. The Bertz CT molecular complexity index is 1940. The van der Waals surface area contributed by atoms with Crippen molar-refractivity contribution in [2.45, 2.75) is 452 Å². The predicted octanol–water partition coefficient (Wildman–Crippen LogP) is 24.7. The van der Waals surface area contributed by atoms with Crippen molar-refractivity contribution in [1.82, 2.24) is 0 Å². The van der Waals surface area contributed by atoms with Crippen molar-refractivity contribution >= 4 is 39.5 Å². The second-order valence-corrected chi connectivity index (χ2v) is 33.1. The first kappa shape index (κ1) is 99.1. The lowest BCUT2D eigenvalue weighted by Crippen LogP contribution is -2.30. The van der Waals surface area contributed by atoms with Crippen molar-refractivity contribution in [3.8, 4) is 0 Å². The number of phosphoric acid groups is 2. The van der Waals surface area contributed by atoms with Gasteiger partial charge in [0.15, 0.2) is 12.2 Å². The fraction of sp³-hybridized carbons (Fsp3) is 0.951. The number of aliphatic hydroxyl groups is 1. The summed E-state index contributed by atoms with van der Waals surface area (Å²) in [6, 6.07) is 0. The molecule has 3 unspecified atom stereocenters. The zero-order chi connectivity index (χ0) is 74.2. The average molecular weight is 1480 g/mol. The van der Waals surface area contributed by atoms with E-state index >= 15 is 0 Å². The fourth-order valence-electron chi connectivity index (χ4n) is 12.7. The number of hydrogen-bond acceptors (Lipinski definition) is 15. The molecule has 6 atom stereocenters. The summed E-state index contributed by atoms with van der Waals surface area (Å²) in [4.78, 5) is 73.1. The van der Waals surface area contributed by atoms with E-state index in [1.807, 2.05) is 0 Å². The second-order valence-electron chi connectivity index (χ2n) is 30.2. The molecule has 0 radical (unpaired) electrons. The minimum Gasteiger partial charge on any atom is -0.462 e. The van der Waals surface area contributed by atoms with Crippen LogP contribution in [0.5, 0.6) is 0 Å². The van der Waals surface area contributed by atoms with Crippen LogP contribution in [0, 0.1) is 11.8 Å². The van der Waals surface area contributed by atoms with E-state index in [1.165, 1.54) is 244 Å². The van der Waals surface area contributed by atoms with Crippen LogP contribution < -0.4 is 0 Å². The van der Waals surface area contributed by atoms with Crippen LogP contribution in [-0.2, 0) is 65.4 Å². The fourth-order valence-corrected chi connectivity index (χ4v) is 14.3. The summed E-state index contributed by atoms with van der Waals surface area (Å²) in [5.74, 6) is -0.567. The normalized spacial score (nSPS) is 14.2. The molecule has 600 valence electrons. The van der Waals surface area contributed by atoms with Gasteiger partial charge in [0.25, 0.3) is 0 Å². The Hall–Kier alpha value is -1.94. The molecule has 17 nitrogen and oxygen atoms in total. The molecule has 0 saturated carbocycles. The molecule has 0 spiro atoms. The maximum Gasteiger partial charge on any atom is 0.472 e. The van der Waals surface area contributed by atoms with Gasteiger partial charge in [0.2, 0.25) is 0 Å². The number of aliphatic hydroxyl groups excluding tert-OH is 1. The monoisotopic (exact) mass is 1480 g/mol. The lowest BCUT2D eigenvalue weighted by molar-refractivity contribution is -0.161. The molecule has 0 aliphatic rings. The van der Waals surface area contributed by atoms with Crippen LogP contribution in [0.25, 0.3) is 0 Å². The Morgan fingerprint density at radius 3 is 0.752 bits per heavy atom. The lowest BCUT2D eigenvalue weighted by Gasteiger charge is -2.21. The standard InChI is InChI=1S/C82H160O17P2/c1-7-10-12-14-16-18-20-22-24-25-26-30-34-37-41-45-52-58-64-79(84)92-70-77(98-81(86)67-61-55-47-43-39-35-31-28-27-29-32-36-40-44-50-56-62-74(4)5)72-96-100(88,89)94-68-76(83)69-95-101(90,91)97-73-78(71-93-80(85)65-59-53-49-48-51-57-63-75(6)9-3)99-82(87)66-60-54-46-42-38-33-23-21-19-17-15-13-11-8-2/h74-78,83H,7-73H2,1-6H3,(H,88,89)(H,90,91)/t75?,76-,77-,78-/m1/s1. The highest BCUT2D eigenvalue weighted by Crippen LogP contribution is 2.45. The molecule has 0 heterocycles. The summed E-state index contributed by atoms with van der Waals surface area (Å²) in [5, 5.41) is 10.6. The molecule has 101 heavy (non-hydrogen) atoms. The summed E-state index contributed by atoms with van der Waals surface area (Å²) in [6.07, 6.45) is 63.8. The SMILES string of the molecule is CCCCCCCCCCCCCCCCCCCCC(=O)OC[C@H](COP(=O)(O)OC[C@@H](O)COP(=O)(O)OC[C@@H](COC(=O)CCCCCCCCC(C)CC)OC(=O)CCCCCCCCCCCCCCCC)OC(=O)CCCCCCCCCCCCCCCCCCC(C)C. The summed E-state index contributed by atoms with van der Waals surface area (Å²) >= 11 is 0. The highest BCUT2D eigenvalue weighted by atomic mass is 31.2. The van der Waals surface area contributed by atoms with Crippen LogP contribution in [0.1, 0.15) is 433 Å². The van der Waals surface area contributed by atoms with E-state index in [0.717, 1.165) is 108 Å². The lowest BCUT2D eigenvalue weighted by atomic mass is 10.00. The first-order valence-electron chi connectivity index (χ1n) is 42.5. The van der Waals surface area contributed by atoms with Gasteiger partial charge in [-0.2, -0.15) is 0 Å². The highest BCUT2D eigenvalue weighted by molar-refractivity contribution is 7.47. The summed E-state index contributed by atoms with van der Waals surface area (Å²) in [5.41, 5.74) is 0. The Labute approximate surface area is 619 Å². The zero-order valence-corrected chi connectivity index (χ0v) is 68.0. The van der Waals surface area contributed by atoms with Crippen molar-refractivity contribution < 1.29 is 80.2 Å². The van der Waals surface area contributed by atoms with E-state index in [9.17, 15) is 43.2 Å². The van der Waals surface area contributed by atoms with E-state index < -0.39 is 97.5 Å². The Balaban J connectivity index is 5.24. The summed E-state index contributed by atoms with van der Waals surface area (Å²) in [6.45, 7) is 9.64. The number of carbonyl (C=O) groups is 4. The molecule has 0 rings (SSSR count). The van der Waals surface area contributed by atoms with Crippen molar-refractivity contribution in [1.29, 1.82) is 0 Å².